The van der Waals surface area contributed by atoms with E-state index in [4.69, 9.17) is 5.73 Å². The van der Waals surface area contributed by atoms with Gasteiger partial charge in [0.05, 0.1) is 5.69 Å². The van der Waals surface area contributed by atoms with E-state index in [0.717, 1.165) is 43.5 Å². The molecule has 0 spiro atoms. The molecule has 146 valence electrons. The third-order valence-electron chi connectivity index (χ3n) is 4.53. The summed E-state index contributed by atoms with van der Waals surface area (Å²) in [5, 5.41) is 18.8. The Morgan fingerprint density at radius 3 is 2.59 bits per heavy atom. The number of carbonyl (C=O) groups is 1. The standard InChI is InChI=1S/C21H30N4O2/c1-3-4-5-18(24-13-12-15-6-9-17(22)10-7-15)16-8-11-20(26)19(14-16)25-21(27)23-2/h6-11,14,18,24,26H,3-5,12-13,22H2,1-2H3,(H2,23,25,27). The minimum absolute atomic E-state index is 0.0541. The first kappa shape index (κ1) is 20.6. The maximum atomic E-state index is 11.6. The molecule has 1 atom stereocenters. The molecule has 6 nitrogen and oxygen atoms in total. The molecule has 0 saturated carbocycles. The molecule has 0 radical (unpaired) electrons. The number of unbranched alkanes of at least 4 members (excludes halogenated alkanes) is 1. The van der Waals surface area contributed by atoms with E-state index in [-0.39, 0.29) is 17.8 Å². The number of urea groups is 1. The predicted molar refractivity (Wildman–Crippen MR) is 111 cm³/mol. The van der Waals surface area contributed by atoms with Crippen LogP contribution < -0.4 is 21.7 Å². The highest BCUT2D eigenvalue weighted by Gasteiger charge is 2.14. The highest BCUT2D eigenvalue weighted by atomic mass is 16.3. The minimum Gasteiger partial charge on any atom is -0.506 e. The second kappa shape index (κ2) is 10.4. The van der Waals surface area contributed by atoms with Crippen LogP contribution in [0.5, 0.6) is 5.75 Å². The van der Waals surface area contributed by atoms with Crippen LogP contribution in [0.15, 0.2) is 42.5 Å². The fourth-order valence-electron chi connectivity index (χ4n) is 2.93. The van der Waals surface area contributed by atoms with Gasteiger partial charge in [-0.1, -0.05) is 38.0 Å². The Labute approximate surface area is 161 Å². The van der Waals surface area contributed by atoms with E-state index in [9.17, 15) is 9.90 Å². The number of amides is 2. The summed E-state index contributed by atoms with van der Waals surface area (Å²) in [6, 6.07) is 13.1. The van der Waals surface area contributed by atoms with Crippen molar-refractivity contribution in [1.29, 1.82) is 0 Å². The molecule has 0 bridgehead atoms. The van der Waals surface area contributed by atoms with Crippen molar-refractivity contribution in [2.24, 2.45) is 0 Å². The van der Waals surface area contributed by atoms with Gasteiger partial charge in [0.2, 0.25) is 0 Å². The van der Waals surface area contributed by atoms with Crippen molar-refractivity contribution in [2.75, 3.05) is 24.6 Å². The number of aromatic hydroxyl groups is 1. The molecule has 27 heavy (non-hydrogen) atoms. The lowest BCUT2D eigenvalue weighted by molar-refractivity contribution is 0.254. The van der Waals surface area contributed by atoms with Crippen molar-refractivity contribution in [3.05, 3.63) is 53.6 Å². The maximum absolute atomic E-state index is 11.6. The summed E-state index contributed by atoms with van der Waals surface area (Å²) in [5.74, 6) is 0.0541. The zero-order valence-electron chi connectivity index (χ0n) is 16.1. The van der Waals surface area contributed by atoms with E-state index in [1.54, 1.807) is 13.1 Å². The second-order valence-electron chi connectivity index (χ2n) is 6.62. The van der Waals surface area contributed by atoms with Crippen LogP contribution in [0.4, 0.5) is 16.2 Å². The Bertz CT molecular complexity index is 731. The van der Waals surface area contributed by atoms with E-state index < -0.39 is 0 Å². The summed E-state index contributed by atoms with van der Waals surface area (Å²) in [6.07, 6.45) is 4.10. The van der Waals surface area contributed by atoms with Crippen LogP contribution >= 0.6 is 0 Å². The zero-order valence-corrected chi connectivity index (χ0v) is 16.1. The lowest BCUT2D eigenvalue weighted by atomic mass is 9.99. The van der Waals surface area contributed by atoms with Crippen molar-refractivity contribution < 1.29 is 9.90 Å². The first-order chi connectivity index (χ1) is 13.0. The van der Waals surface area contributed by atoms with Crippen molar-refractivity contribution in [3.8, 4) is 5.75 Å². The number of hydrogen-bond donors (Lipinski definition) is 5. The van der Waals surface area contributed by atoms with Gasteiger partial charge in [0.1, 0.15) is 5.75 Å². The summed E-state index contributed by atoms with van der Waals surface area (Å²) >= 11 is 0. The minimum atomic E-state index is -0.358. The normalized spacial score (nSPS) is 11.8. The topological polar surface area (TPSA) is 99.4 Å². The molecule has 0 saturated heterocycles. The SMILES string of the molecule is CCCCC(NCCc1ccc(N)cc1)c1ccc(O)c(NC(=O)NC)c1. The number of carbonyl (C=O) groups excluding carboxylic acids is 1. The molecule has 2 amide bonds. The predicted octanol–water partition coefficient (Wildman–Crippen LogP) is 3.79. The van der Waals surface area contributed by atoms with Crippen LogP contribution in [0.1, 0.15) is 43.4 Å². The molecule has 0 heterocycles. The fraction of sp³-hybridized carbons (Fsp3) is 0.381. The Hall–Kier alpha value is -2.73. The molecule has 6 heteroatoms. The maximum Gasteiger partial charge on any atom is 0.319 e. The van der Waals surface area contributed by atoms with E-state index >= 15 is 0 Å². The second-order valence-corrected chi connectivity index (χ2v) is 6.62. The van der Waals surface area contributed by atoms with Gasteiger partial charge in [-0.25, -0.2) is 4.79 Å². The van der Waals surface area contributed by atoms with Crippen LogP contribution in [0.2, 0.25) is 0 Å². The third kappa shape index (κ3) is 6.49. The number of anilines is 2. The van der Waals surface area contributed by atoms with Gasteiger partial charge in [0.25, 0.3) is 0 Å². The van der Waals surface area contributed by atoms with Crippen LogP contribution in [-0.4, -0.2) is 24.7 Å². The van der Waals surface area contributed by atoms with E-state index in [1.165, 1.54) is 5.56 Å². The molecule has 0 aliphatic rings. The Balaban J connectivity index is 2.06. The molecular formula is C21H30N4O2. The monoisotopic (exact) mass is 370 g/mol. The molecule has 2 aromatic rings. The number of nitrogens with two attached hydrogens (primary N) is 1. The van der Waals surface area contributed by atoms with Crippen LogP contribution in [0.25, 0.3) is 0 Å². The number of rotatable bonds is 9. The molecule has 2 aromatic carbocycles. The molecule has 2 rings (SSSR count). The smallest absolute Gasteiger partial charge is 0.319 e. The number of benzene rings is 2. The van der Waals surface area contributed by atoms with Gasteiger partial charge in [0, 0.05) is 18.8 Å². The number of nitrogens with one attached hydrogen (secondary N) is 3. The number of nitrogen functional groups attached to an aromatic ring is 1. The van der Waals surface area contributed by atoms with Crippen LogP contribution in [0.3, 0.4) is 0 Å². The van der Waals surface area contributed by atoms with Gasteiger partial charge in [-0.15, -0.1) is 0 Å². The van der Waals surface area contributed by atoms with Gasteiger partial charge >= 0.3 is 6.03 Å². The van der Waals surface area contributed by atoms with Gasteiger partial charge in [0.15, 0.2) is 0 Å². The average molecular weight is 370 g/mol. The fourth-order valence-corrected chi connectivity index (χ4v) is 2.93. The lowest BCUT2D eigenvalue weighted by Gasteiger charge is -2.20. The van der Waals surface area contributed by atoms with Gasteiger partial charge in [-0.05, 0) is 54.8 Å². The lowest BCUT2D eigenvalue weighted by Crippen LogP contribution is -2.26. The molecule has 0 fully saturated rings. The zero-order chi connectivity index (χ0) is 19.6. The van der Waals surface area contributed by atoms with Crippen molar-refractivity contribution in [3.63, 3.8) is 0 Å². The highest BCUT2D eigenvalue weighted by Crippen LogP contribution is 2.29. The van der Waals surface area contributed by atoms with E-state index in [2.05, 4.69) is 22.9 Å². The molecule has 1 unspecified atom stereocenters. The summed E-state index contributed by atoms with van der Waals surface area (Å²) in [7, 11) is 1.54. The Morgan fingerprint density at radius 1 is 1.19 bits per heavy atom. The van der Waals surface area contributed by atoms with Crippen LogP contribution in [-0.2, 0) is 6.42 Å². The van der Waals surface area contributed by atoms with E-state index in [0.29, 0.717) is 5.69 Å². The number of phenolic OH excluding ortho intramolecular Hbond substituents is 1. The van der Waals surface area contributed by atoms with Crippen molar-refractivity contribution in [1.82, 2.24) is 10.6 Å². The van der Waals surface area contributed by atoms with E-state index in [1.807, 2.05) is 36.4 Å². The molecule has 0 aliphatic heterocycles. The first-order valence-corrected chi connectivity index (χ1v) is 9.43. The Morgan fingerprint density at radius 2 is 1.93 bits per heavy atom. The van der Waals surface area contributed by atoms with Gasteiger partial charge in [-0.2, -0.15) is 0 Å². The summed E-state index contributed by atoms with van der Waals surface area (Å²) in [4.78, 5) is 11.6. The summed E-state index contributed by atoms with van der Waals surface area (Å²) in [6.45, 7) is 3.00. The first-order valence-electron chi connectivity index (χ1n) is 9.43. The average Bonchev–Trinajstić information content (AvgIpc) is 2.67. The van der Waals surface area contributed by atoms with Crippen molar-refractivity contribution in [2.45, 2.75) is 38.6 Å². The summed E-state index contributed by atoms with van der Waals surface area (Å²) < 4.78 is 0. The molecule has 6 N–H and O–H groups in total. The third-order valence-corrected chi connectivity index (χ3v) is 4.53. The largest absolute Gasteiger partial charge is 0.506 e. The molecule has 0 aliphatic carbocycles. The Kier molecular flexibility index (Phi) is 7.95. The quantitative estimate of drug-likeness (QED) is 0.342. The van der Waals surface area contributed by atoms with Gasteiger partial charge in [-0.3, -0.25) is 0 Å². The highest BCUT2D eigenvalue weighted by molar-refractivity contribution is 5.90. The van der Waals surface area contributed by atoms with Crippen molar-refractivity contribution >= 4 is 17.4 Å². The number of hydrogen-bond acceptors (Lipinski definition) is 4. The number of phenols is 1. The summed E-state index contributed by atoms with van der Waals surface area (Å²) in [5.41, 5.74) is 9.20. The molecule has 0 aromatic heterocycles. The molecular weight excluding hydrogens is 340 g/mol. The van der Waals surface area contributed by atoms with Crippen LogP contribution in [0, 0.1) is 0 Å². The van der Waals surface area contributed by atoms with Gasteiger partial charge < -0.3 is 26.8 Å².